The SMILES string of the molecule is O=C1CCC(c2ccccc2)N1c1ccc2[nH]ncc2c1. The van der Waals surface area contributed by atoms with E-state index in [1.54, 1.807) is 6.20 Å². The zero-order valence-corrected chi connectivity index (χ0v) is 11.5. The van der Waals surface area contributed by atoms with Crippen molar-refractivity contribution in [2.45, 2.75) is 18.9 Å². The molecular formula is C17H15N3O. The third-order valence-electron chi connectivity index (χ3n) is 4.10. The number of H-pyrrole nitrogens is 1. The molecule has 1 aliphatic heterocycles. The normalized spacial score (nSPS) is 18.6. The Hall–Kier alpha value is -2.62. The van der Waals surface area contributed by atoms with Crippen LogP contribution in [0.5, 0.6) is 0 Å². The molecule has 0 spiro atoms. The lowest BCUT2D eigenvalue weighted by Crippen LogP contribution is -2.27. The van der Waals surface area contributed by atoms with Gasteiger partial charge in [-0.05, 0) is 30.2 Å². The van der Waals surface area contributed by atoms with Crippen LogP contribution < -0.4 is 4.90 Å². The second-order valence-electron chi connectivity index (χ2n) is 5.37. The van der Waals surface area contributed by atoms with Crippen LogP contribution in [0.15, 0.2) is 54.7 Å². The summed E-state index contributed by atoms with van der Waals surface area (Å²) < 4.78 is 0. The highest BCUT2D eigenvalue weighted by Crippen LogP contribution is 2.37. The van der Waals surface area contributed by atoms with E-state index in [1.807, 2.05) is 41.3 Å². The van der Waals surface area contributed by atoms with E-state index >= 15 is 0 Å². The van der Waals surface area contributed by atoms with Crippen molar-refractivity contribution in [1.82, 2.24) is 10.2 Å². The summed E-state index contributed by atoms with van der Waals surface area (Å²) in [4.78, 5) is 14.3. The summed E-state index contributed by atoms with van der Waals surface area (Å²) in [5.41, 5.74) is 3.12. The number of carbonyl (C=O) groups excluding carboxylic acids is 1. The van der Waals surface area contributed by atoms with E-state index in [9.17, 15) is 4.79 Å². The third-order valence-corrected chi connectivity index (χ3v) is 4.10. The minimum Gasteiger partial charge on any atom is -0.305 e. The number of aromatic amines is 1. The molecule has 1 amide bonds. The summed E-state index contributed by atoms with van der Waals surface area (Å²) in [6.45, 7) is 0. The highest BCUT2D eigenvalue weighted by atomic mass is 16.2. The minimum absolute atomic E-state index is 0.128. The molecule has 1 saturated heterocycles. The van der Waals surface area contributed by atoms with Crippen LogP contribution in [0, 0.1) is 0 Å². The first-order valence-corrected chi connectivity index (χ1v) is 7.13. The maximum Gasteiger partial charge on any atom is 0.227 e. The Morgan fingerprint density at radius 1 is 1.14 bits per heavy atom. The predicted molar refractivity (Wildman–Crippen MR) is 82.0 cm³/mol. The molecule has 1 N–H and O–H groups in total. The lowest BCUT2D eigenvalue weighted by molar-refractivity contribution is -0.117. The fourth-order valence-electron chi connectivity index (χ4n) is 3.08. The Kier molecular flexibility index (Phi) is 2.74. The first kappa shape index (κ1) is 12.1. The molecule has 1 aromatic heterocycles. The summed E-state index contributed by atoms with van der Waals surface area (Å²) in [5.74, 6) is 0.187. The fourth-order valence-corrected chi connectivity index (χ4v) is 3.08. The van der Waals surface area contributed by atoms with Crippen molar-refractivity contribution >= 4 is 22.5 Å². The van der Waals surface area contributed by atoms with Crippen LogP contribution in [0.1, 0.15) is 24.4 Å². The number of nitrogens with one attached hydrogen (secondary N) is 1. The molecule has 0 radical (unpaired) electrons. The molecular weight excluding hydrogens is 262 g/mol. The van der Waals surface area contributed by atoms with Crippen molar-refractivity contribution in [2.24, 2.45) is 0 Å². The minimum atomic E-state index is 0.128. The van der Waals surface area contributed by atoms with Gasteiger partial charge in [-0.3, -0.25) is 9.89 Å². The second-order valence-corrected chi connectivity index (χ2v) is 5.37. The summed E-state index contributed by atoms with van der Waals surface area (Å²) in [6.07, 6.45) is 3.26. The Morgan fingerprint density at radius 2 is 2.00 bits per heavy atom. The number of hydrogen-bond acceptors (Lipinski definition) is 2. The molecule has 0 saturated carbocycles. The van der Waals surface area contributed by atoms with Gasteiger partial charge in [-0.15, -0.1) is 0 Å². The topological polar surface area (TPSA) is 49.0 Å². The number of nitrogens with zero attached hydrogens (tertiary/aromatic N) is 2. The fraction of sp³-hybridized carbons (Fsp3) is 0.176. The number of anilines is 1. The van der Waals surface area contributed by atoms with Crippen molar-refractivity contribution in [3.05, 3.63) is 60.3 Å². The molecule has 104 valence electrons. The standard InChI is InChI=1S/C17H15N3O/c21-17-9-8-16(12-4-2-1-3-5-12)20(17)14-6-7-15-13(10-14)11-18-19-15/h1-7,10-11,16H,8-9H2,(H,18,19). The first-order valence-electron chi connectivity index (χ1n) is 7.13. The Morgan fingerprint density at radius 3 is 2.86 bits per heavy atom. The largest absolute Gasteiger partial charge is 0.305 e. The molecule has 4 heteroatoms. The van der Waals surface area contributed by atoms with Gasteiger partial charge >= 0.3 is 0 Å². The van der Waals surface area contributed by atoms with Crippen LogP contribution in [0.2, 0.25) is 0 Å². The van der Waals surface area contributed by atoms with Crippen molar-refractivity contribution in [3.8, 4) is 0 Å². The number of benzene rings is 2. The van der Waals surface area contributed by atoms with Crippen molar-refractivity contribution in [3.63, 3.8) is 0 Å². The van der Waals surface area contributed by atoms with E-state index in [0.717, 1.165) is 23.0 Å². The summed E-state index contributed by atoms with van der Waals surface area (Å²) >= 11 is 0. The molecule has 1 unspecified atom stereocenters. The van der Waals surface area contributed by atoms with Crippen LogP contribution >= 0.6 is 0 Å². The van der Waals surface area contributed by atoms with Gasteiger partial charge in [-0.25, -0.2) is 0 Å². The average molecular weight is 277 g/mol. The zero-order valence-electron chi connectivity index (χ0n) is 11.5. The van der Waals surface area contributed by atoms with Crippen molar-refractivity contribution in [1.29, 1.82) is 0 Å². The Balaban J connectivity index is 1.78. The molecule has 3 aromatic rings. The third kappa shape index (κ3) is 2.00. The summed E-state index contributed by atoms with van der Waals surface area (Å²) in [5, 5.41) is 8.00. The average Bonchev–Trinajstić information content (AvgIpc) is 3.13. The zero-order chi connectivity index (χ0) is 14.2. The smallest absolute Gasteiger partial charge is 0.227 e. The van der Waals surface area contributed by atoms with Gasteiger partial charge in [0.2, 0.25) is 5.91 Å². The van der Waals surface area contributed by atoms with Crippen LogP contribution in [-0.4, -0.2) is 16.1 Å². The lowest BCUT2D eigenvalue weighted by Gasteiger charge is -2.25. The van der Waals surface area contributed by atoms with E-state index in [1.165, 1.54) is 5.56 Å². The molecule has 1 fully saturated rings. The van der Waals surface area contributed by atoms with Gasteiger partial charge in [0.15, 0.2) is 0 Å². The predicted octanol–water partition coefficient (Wildman–Crippen LogP) is 3.43. The number of fused-ring (bicyclic) bond motifs is 1. The number of amides is 1. The molecule has 1 aliphatic rings. The van der Waals surface area contributed by atoms with Crippen molar-refractivity contribution < 1.29 is 4.79 Å². The maximum absolute atomic E-state index is 12.3. The summed E-state index contributed by atoms with van der Waals surface area (Å²) in [6, 6.07) is 16.3. The van der Waals surface area contributed by atoms with Gasteiger partial charge < -0.3 is 4.90 Å². The van der Waals surface area contributed by atoms with Gasteiger partial charge in [0, 0.05) is 17.5 Å². The number of carbonyl (C=O) groups is 1. The van der Waals surface area contributed by atoms with Crippen LogP contribution in [-0.2, 0) is 4.79 Å². The molecule has 4 nitrogen and oxygen atoms in total. The lowest BCUT2D eigenvalue weighted by atomic mass is 10.0. The number of aromatic nitrogens is 2. The first-order chi connectivity index (χ1) is 10.3. The molecule has 2 heterocycles. The summed E-state index contributed by atoms with van der Waals surface area (Å²) in [7, 11) is 0. The molecule has 1 atom stereocenters. The maximum atomic E-state index is 12.3. The van der Waals surface area contributed by atoms with Gasteiger partial charge in [0.1, 0.15) is 0 Å². The Labute approximate surface area is 122 Å². The highest BCUT2D eigenvalue weighted by Gasteiger charge is 2.33. The van der Waals surface area contributed by atoms with Crippen LogP contribution in [0.25, 0.3) is 10.9 Å². The molecule has 4 rings (SSSR count). The molecule has 0 bridgehead atoms. The van der Waals surface area contributed by atoms with E-state index < -0.39 is 0 Å². The van der Waals surface area contributed by atoms with Gasteiger partial charge in [-0.2, -0.15) is 5.10 Å². The molecule has 21 heavy (non-hydrogen) atoms. The van der Waals surface area contributed by atoms with Crippen molar-refractivity contribution in [2.75, 3.05) is 4.90 Å². The molecule has 2 aromatic carbocycles. The Bertz CT molecular complexity index is 794. The number of rotatable bonds is 2. The van der Waals surface area contributed by atoms with E-state index in [0.29, 0.717) is 6.42 Å². The van der Waals surface area contributed by atoms with E-state index in [2.05, 4.69) is 22.3 Å². The molecule has 0 aliphatic carbocycles. The second kappa shape index (κ2) is 4.74. The van der Waals surface area contributed by atoms with E-state index in [4.69, 9.17) is 0 Å². The quantitative estimate of drug-likeness (QED) is 0.780. The van der Waals surface area contributed by atoms with Gasteiger partial charge in [0.05, 0.1) is 17.8 Å². The van der Waals surface area contributed by atoms with Gasteiger partial charge in [-0.1, -0.05) is 30.3 Å². The number of hydrogen-bond donors (Lipinski definition) is 1. The van der Waals surface area contributed by atoms with Crippen LogP contribution in [0.4, 0.5) is 5.69 Å². The van der Waals surface area contributed by atoms with Crippen LogP contribution in [0.3, 0.4) is 0 Å². The monoisotopic (exact) mass is 277 g/mol. The highest BCUT2D eigenvalue weighted by molar-refractivity contribution is 5.98. The van der Waals surface area contributed by atoms with Gasteiger partial charge in [0.25, 0.3) is 0 Å². The van der Waals surface area contributed by atoms with E-state index in [-0.39, 0.29) is 11.9 Å².